The van der Waals surface area contributed by atoms with E-state index < -0.39 is 24.4 Å². The predicted octanol–water partition coefficient (Wildman–Crippen LogP) is 13.7. The fourth-order valence-electron chi connectivity index (χ4n) is 9.34. The first-order chi connectivity index (χ1) is 34.7. The summed E-state index contributed by atoms with van der Waals surface area (Å²) in [5.74, 6) is 0.0928. The van der Waals surface area contributed by atoms with Crippen LogP contribution in [0.4, 0.5) is 0 Å². The van der Waals surface area contributed by atoms with Gasteiger partial charge in [-0.05, 0) is 57.6 Å². The van der Waals surface area contributed by atoms with E-state index >= 15 is 0 Å². The van der Waals surface area contributed by atoms with Crippen molar-refractivity contribution in [2.75, 3.05) is 26.4 Å². The molecular weight excluding hydrogens is 867 g/mol. The van der Waals surface area contributed by atoms with E-state index in [1.165, 1.54) is 0 Å². The molecule has 348 valence electrons. The highest BCUT2D eigenvalue weighted by atomic mass is 16.6. The Balaban J connectivity index is 1.18. The van der Waals surface area contributed by atoms with Gasteiger partial charge < -0.3 is 28.8 Å². The van der Waals surface area contributed by atoms with E-state index in [1.807, 2.05) is 91.0 Å². The second-order valence-corrected chi connectivity index (χ2v) is 17.4. The molecule has 1 aliphatic heterocycles. The molecule has 0 amide bonds. The summed E-state index contributed by atoms with van der Waals surface area (Å²) in [4.78, 5) is 0. The van der Waals surface area contributed by atoms with E-state index in [4.69, 9.17) is 23.7 Å². The number of benzene rings is 8. The molecule has 0 unspecified atom stereocenters. The lowest BCUT2D eigenvalue weighted by Gasteiger charge is -2.30. The second kappa shape index (κ2) is 22.7. The standard InChI is InChI=1S/C63H55NO6/c65-59-54-40-56(64-57(47-24-10-2-11-25-47)42-53(46-22-8-1-9-23-46)43-58(64)48-26-12-3-13-27-48)41-55(59)45-70-63(52-34-20-7-21-35-52)61(50-30-16-5-17-31-50)68-39-37-66-36-38-67-60(49-28-14-4-15-29-49)62(69-44-54)51-32-18-6-19-33-51/h1-35,40-43,60-63H,36-39,44-45H2/p+1/t60-,61-,62-,63-/m1/s1. The molecular formula is C63H56NO6+. The van der Waals surface area contributed by atoms with Crippen molar-refractivity contribution in [1.82, 2.24) is 0 Å². The zero-order valence-corrected chi connectivity index (χ0v) is 39.0. The van der Waals surface area contributed by atoms with E-state index in [9.17, 15) is 5.11 Å². The fraction of sp³-hybridized carbons (Fsp3) is 0.159. The van der Waals surface area contributed by atoms with Crippen LogP contribution in [0.2, 0.25) is 0 Å². The van der Waals surface area contributed by atoms with Crippen LogP contribution in [0.5, 0.6) is 5.75 Å². The minimum Gasteiger partial charge on any atom is -0.507 e. The number of rotatable bonds is 8. The number of nitrogens with zero attached hydrogens (tertiary/aromatic N) is 1. The number of phenolic OH excluding ortho intramolecular Hbond substituents is 1. The minimum absolute atomic E-state index is 0.0529. The van der Waals surface area contributed by atoms with E-state index in [0.29, 0.717) is 37.6 Å². The third kappa shape index (κ3) is 10.9. The maximum Gasteiger partial charge on any atom is 0.219 e. The summed E-state index contributed by atoms with van der Waals surface area (Å²) in [6.45, 7) is 1.43. The zero-order valence-electron chi connectivity index (χ0n) is 39.0. The number of aromatic hydroxyl groups is 1. The zero-order chi connectivity index (χ0) is 47.3. The number of hydrogen-bond acceptors (Lipinski definition) is 6. The van der Waals surface area contributed by atoms with Crippen LogP contribution in [0.3, 0.4) is 0 Å². The molecule has 2 bridgehead atoms. The fourth-order valence-corrected chi connectivity index (χ4v) is 9.34. The van der Waals surface area contributed by atoms with Crippen LogP contribution < -0.4 is 4.57 Å². The Kier molecular flexibility index (Phi) is 15.0. The molecule has 0 saturated heterocycles. The summed E-state index contributed by atoms with van der Waals surface area (Å²) in [5, 5.41) is 12.7. The van der Waals surface area contributed by atoms with Gasteiger partial charge >= 0.3 is 0 Å². The van der Waals surface area contributed by atoms with Crippen molar-refractivity contribution >= 4 is 0 Å². The first-order valence-electron chi connectivity index (χ1n) is 24.0. The van der Waals surface area contributed by atoms with Crippen LogP contribution in [0, 0.1) is 0 Å². The van der Waals surface area contributed by atoms with Crippen LogP contribution in [-0.4, -0.2) is 31.5 Å². The topological polar surface area (TPSA) is 70.3 Å². The SMILES string of the molecule is Oc1c2cc(-[n+]3c(-c4ccccc4)cc(-c4ccccc4)cc3-c3ccccc3)cc1CO[C@H](c1ccccc1)[C@@H](c1ccccc1)OCCOCCO[C@H](c1ccccc1)[C@@H](c1ccccc1)OC2. The number of pyridine rings is 1. The second-order valence-electron chi connectivity index (χ2n) is 17.4. The molecule has 0 spiro atoms. The molecule has 1 aromatic heterocycles. The summed E-state index contributed by atoms with van der Waals surface area (Å²) >= 11 is 0. The molecule has 2 heterocycles. The Morgan fingerprint density at radius 2 is 0.643 bits per heavy atom. The Hall–Kier alpha value is -7.49. The van der Waals surface area contributed by atoms with Crippen molar-refractivity contribution < 1.29 is 33.4 Å². The Bertz CT molecular complexity index is 2850. The summed E-state index contributed by atoms with van der Waals surface area (Å²) < 4.78 is 36.3. The normalized spacial score (nSPS) is 18.3. The quantitative estimate of drug-likeness (QED) is 0.153. The number of hydrogen-bond donors (Lipinski definition) is 1. The van der Waals surface area contributed by atoms with Gasteiger partial charge in [-0.25, -0.2) is 0 Å². The van der Waals surface area contributed by atoms with Gasteiger partial charge in [-0.1, -0.05) is 188 Å². The Labute approximate surface area is 410 Å². The van der Waals surface area contributed by atoms with Gasteiger partial charge in [-0.15, -0.1) is 0 Å². The van der Waals surface area contributed by atoms with Crippen LogP contribution in [0.1, 0.15) is 57.8 Å². The molecule has 0 aliphatic carbocycles. The number of phenols is 1. The molecule has 9 aromatic rings. The van der Waals surface area contributed by atoms with Gasteiger partial charge in [0.05, 0.1) is 39.6 Å². The maximum atomic E-state index is 12.7. The molecule has 7 nitrogen and oxygen atoms in total. The van der Waals surface area contributed by atoms with Gasteiger partial charge in [0.1, 0.15) is 30.2 Å². The van der Waals surface area contributed by atoms with E-state index in [-0.39, 0.29) is 19.0 Å². The third-order valence-corrected chi connectivity index (χ3v) is 12.8. The molecule has 4 atom stereocenters. The molecule has 0 saturated carbocycles. The van der Waals surface area contributed by atoms with E-state index in [1.54, 1.807) is 0 Å². The predicted molar refractivity (Wildman–Crippen MR) is 275 cm³/mol. The van der Waals surface area contributed by atoms with Crippen molar-refractivity contribution in [1.29, 1.82) is 0 Å². The van der Waals surface area contributed by atoms with Gasteiger partial charge in [0.2, 0.25) is 17.1 Å². The number of fused-ring (bicyclic) bond motifs is 2. The van der Waals surface area contributed by atoms with E-state index in [2.05, 4.69) is 150 Å². The van der Waals surface area contributed by atoms with Gasteiger partial charge in [0, 0.05) is 46.5 Å². The van der Waals surface area contributed by atoms with Gasteiger partial charge in [-0.2, -0.15) is 4.57 Å². The van der Waals surface area contributed by atoms with Crippen LogP contribution in [0.15, 0.2) is 237 Å². The third-order valence-electron chi connectivity index (χ3n) is 12.8. The van der Waals surface area contributed by atoms with Crippen LogP contribution in [-0.2, 0) is 36.9 Å². The molecule has 0 radical (unpaired) electrons. The highest BCUT2D eigenvalue weighted by molar-refractivity contribution is 5.74. The average molecular weight is 923 g/mol. The summed E-state index contributed by atoms with van der Waals surface area (Å²) in [6.07, 6.45) is -2.11. The number of ether oxygens (including phenoxy) is 5. The number of aromatic nitrogens is 1. The molecule has 7 heteroatoms. The molecule has 10 rings (SSSR count). The van der Waals surface area contributed by atoms with Crippen LogP contribution in [0.25, 0.3) is 39.3 Å². The maximum absolute atomic E-state index is 12.7. The van der Waals surface area contributed by atoms with Crippen molar-refractivity contribution in [3.05, 3.63) is 270 Å². The first-order valence-corrected chi connectivity index (χ1v) is 24.0. The highest BCUT2D eigenvalue weighted by Crippen LogP contribution is 2.41. The summed E-state index contributed by atoms with van der Waals surface area (Å²) in [6, 6.07) is 80.7. The molecule has 0 fully saturated rings. The van der Waals surface area contributed by atoms with E-state index in [0.717, 1.165) is 61.6 Å². The highest BCUT2D eigenvalue weighted by Gasteiger charge is 2.32. The molecule has 70 heavy (non-hydrogen) atoms. The minimum atomic E-state index is -0.555. The van der Waals surface area contributed by atoms with Crippen molar-refractivity contribution in [2.24, 2.45) is 0 Å². The average Bonchev–Trinajstić information content (AvgIpc) is 3.43. The summed E-state index contributed by atoms with van der Waals surface area (Å²) in [7, 11) is 0. The van der Waals surface area contributed by atoms with Crippen molar-refractivity contribution in [3.8, 4) is 45.1 Å². The van der Waals surface area contributed by atoms with Crippen molar-refractivity contribution in [3.63, 3.8) is 0 Å². The van der Waals surface area contributed by atoms with Crippen molar-refractivity contribution in [2.45, 2.75) is 37.6 Å². The first kappa shape index (κ1) is 46.2. The smallest absolute Gasteiger partial charge is 0.219 e. The Morgan fingerprint density at radius 1 is 0.329 bits per heavy atom. The molecule has 1 N–H and O–H groups in total. The molecule has 1 aliphatic rings. The lowest BCUT2D eigenvalue weighted by molar-refractivity contribution is -0.572. The van der Waals surface area contributed by atoms with Gasteiger partial charge in [-0.3, -0.25) is 0 Å². The Morgan fingerprint density at radius 3 is 1.00 bits per heavy atom. The summed E-state index contributed by atoms with van der Waals surface area (Å²) in [5.41, 5.74) is 12.0. The lowest BCUT2D eigenvalue weighted by Crippen LogP contribution is -2.37. The monoisotopic (exact) mass is 922 g/mol. The largest absolute Gasteiger partial charge is 0.507 e. The van der Waals surface area contributed by atoms with Gasteiger partial charge in [0.15, 0.2) is 0 Å². The lowest BCUT2D eigenvalue weighted by atomic mass is 9.97. The molecule has 8 aromatic carbocycles. The van der Waals surface area contributed by atoms with Gasteiger partial charge in [0.25, 0.3) is 0 Å². The van der Waals surface area contributed by atoms with Crippen LogP contribution >= 0.6 is 0 Å².